The highest BCUT2D eigenvalue weighted by Gasteiger charge is 2.38. The molecule has 1 aromatic heterocycles. The molecular formula is C26H25N5O3S. The average Bonchev–Trinajstić information content (AvgIpc) is 3.31. The Hall–Kier alpha value is -3.98. The first kappa shape index (κ1) is 22.8. The zero-order valence-corrected chi connectivity index (χ0v) is 19.9. The summed E-state index contributed by atoms with van der Waals surface area (Å²) in [5.41, 5.74) is 5.14. The van der Waals surface area contributed by atoms with Crippen molar-refractivity contribution in [3.8, 4) is 11.5 Å². The summed E-state index contributed by atoms with van der Waals surface area (Å²) in [5, 5.41) is 11.8. The molecule has 1 amide bonds. The fourth-order valence-corrected chi connectivity index (χ4v) is 4.88. The molecule has 0 saturated heterocycles. The van der Waals surface area contributed by atoms with Gasteiger partial charge in [-0.05, 0) is 48.9 Å². The highest BCUT2D eigenvalue weighted by atomic mass is 32.2. The van der Waals surface area contributed by atoms with E-state index in [0.717, 1.165) is 17.1 Å². The second-order valence-electron chi connectivity index (χ2n) is 7.84. The van der Waals surface area contributed by atoms with E-state index in [4.69, 9.17) is 9.47 Å². The van der Waals surface area contributed by atoms with Gasteiger partial charge in [-0.15, -0.1) is 10.2 Å². The minimum atomic E-state index is -0.469. The van der Waals surface area contributed by atoms with Crippen LogP contribution in [0.3, 0.4) is 0 Å². The first-order valence-electron chi connectivity index (χ1n) is 11.4. The second-order valence-corrected chi connectivity index (χ2v) is 8.95. The summed E-state index contributed by atoms with van der Waals surface area (Å²) < 4.78 is 13.2. The average molecular weight is 488 g/mol. The van der Waals surface area contributed by atoms with Gasteiger partial charge in [-0.25, -0.2) is 4.68 Å². The normalized spacial score (nSPS) is 16.6. The number of fused-ring (bicyclic) bond motifs is 1. The van der Waals surface area contributed by atoms with Crippen LogP contribution in [0.15, 0.2) is 90.1 Å². The molecule has 0 saturated carbocycles. The van der Waals surface area contributed by atoms with Crippen LogP contribution in [0.2, 0.25) is 0 Å². The summed E-state index contributed by atoms with van der Waals surface area (Å²) in [7, 11) is 0. The molecule has 0 fully saturated rings. The first-order chi connectivity index (χ1) is 17.2. The number of thioether (sulfide) groups is 1. The van der Waals surface area contributed by atoms with Crippen LogP contribution < -0.4 is 20.2 Å². The topological polar surface area (TPSA) is 90.3 Å². The number of carbonyl (C=O) groups excluding carboxylic acids is 1. The highest BCUT2D eigenvalue weighted by molar-refractivity contribution is 8.00. The van der Waals surface area contributed by atoms with Gasteiger partial charge < -0.3 is 20.2 Å². The predicted molar refractivity (Wildman–Crippen MR) is 135 cm³/mol. The SMILES string of the molecule is CCOc1ccc(NC(=O)[C@H]2Sc3nnc(COc4ccccc4)n3N[C@@H]2c2ccccc2)cc1. The van der Waals surface area contributed by atoms with Crippen LogP contribution in [0.1, 0.15) is 24.4 Å². The van der Waals surface area contributed by atoms with E-state index < -0.39 is 5.25 Å². The third kappa shape index (κ3) is 5.25. The lowest BCUT2D eigenvalue weighted by molar-refractivity contribution is -0.116. The molecule has 178 valence electrons. The van der Waals surface area contributed by atoms with Gasteiger partial charge in [0.1, 0.15) is 23.4 Å². The van der Waals surface area contributed by atoms with Crippen LogP contribution in [0, 0.1) is 0 Å². The van der Waals surface area contributed by atoms with Crippen molar-refractivity contribution in [3.63, 3.8) is 0 Å². The highest BCUT2D eigenvalue weighted by Crippen LogP contribution is 2.37. The summed E-state index contributed by atoms with van der Waals surface area (Å²) in [4.78, 5) is 13.4. The van der Waals surface area contributed by atoms with Gasteiger partial charge in [-0.1, -0.05) is 60.3 Å². The Balaban J connectivity index is 1.37. The molecule has 35 heavy (non-hydrogen) atoms. The molecule has 8 nitrogen and oxygen atoms in total. The molecule has 9 heteroatoms. The van der Waals surface area contributed by atoms with Crippen molar-refractivity contribution in [2.75, 3.05) is 17.3 Å². The number of carbonyl (C=O) groups is 1. The van der Waals surface area contributed by atoms with Gasteiger partial charge in [0.05, 0.1) is 12.6 Å². The van der Waals surface area contributed by atoms with Gasteiger partial charge in [-0.2, -0.15) is 0 Å². The number of ether oxygens (including phenoxy) is 2. The van der Waals surface area contributed by atoms with E-state index in [9.17, 15) is 4.79 Å². The van der Waals surface area contributed by atoms with Gasteiger partial charge >= 0.3 is 0 Å². The van der Waals surface area contributed by atoms with Gasteiger partial charge in [-0.3, -0.25) is 4.79 Å². The lowest BCUT2D eigenvalue weighted by Crippen LogP contribution is -2.41. The van der Waals surface area contributed by atoms with Crippen LogP contribution >= 0.6 is 11.8 Å². The summed E-state index contributed by atoms with van der Waals surface area (Å²) in [5.74, 6) is 2.01. The fraction of sp³-hybridized carbons (Fsp3) is 0.192. The molecule has 0 radical (unpaired) electrons. The van der Waals surface area contributed by atoms with Crippen LogP contribution in [0.5, 0.6) is 11.5 Å². The van der Waals surface area contributed by atoms with E-state index in [1.54, 1.807) is 0 Å². The van der Waals surface area contributed by atoms with E-state index in [2.05, 4.69) is 20.9 Å². The number of benzene rings is 3. The molecule has 1 aliphatic heterocycles. The minimum absolute atomic E-state index is 0.128. The van der Waals surface area contributed by atoms with E-state index >= 15 is 0 Å². The maximum Gasteiger partial charge on any atom is 0.240 e. The van der Waals surface area contributed by atoms with Gasteiger partial charge in [0.15, 0.2) is 5.82 Å². The third-order valence-electron chi connectivity index (χ3n) is 5.46. The number of aromatic nitrogens is 3. The molecule has 4 aromatic rings. The molecule has 0 bridgehead atoms. The van der Waals surface area contributed by atoms with Crippen molar-refractivity contribution in [2.45, 2.75) is 30.0 Å². The second kappa shape index (κ2) is 10.5. The molecule has 5 rings (SSSR count). The number of nitrogens with zero attached hydrogens (tertiary/aromatic N) is 3. The van der Waals surface area contributed by atoms with Crippen LogP contribution in [-0.4, -0.2) is 32.6 Å². The third-order valence-corrected chi connectivity index (χ3v) is 6.68. The first-order valence-corrected chi connectivity index (χ1v) is 12.2. The zero-order valence-electron chi connectivity index (χ0n) is 19.1. The summed E-state index contributed by atoms with van der Waals surface area (Å²) in [6, 6.07) is 26.5. The zero-order chi connectivity index (χ0) is 24.0. The van der Waals surface area contributed by atoms with E-state index in [1.165, 1.54) is 11.8 Å². The molecule has 0 spiro atoms. The van der Waals surface area contributed by atoms with Crippen molar-refractivity contribution in [2.24, 2.45) is 0 Å². The number of hydrogen-bond acceptors (Lipinski definition) is 7. The van der Waals surface area contributed by atoms with Crippen molar-refractivity contribution < 1.29 is 14.3 Å². The number of rotatable bonds is 8. The molecule has 2 N–H and O–H groups in total. The van der Waals surface area contributed by atoms with Crippen molar-refractivity contribution in [1.29, 1.82) is 0 Å². The Morgan fingerprint density at radius 1 is 0.943 bits per heavy atom. The predicted octanol–water partition coefficient (Wildman–Crippen LogP) is 4.65. The summed E-state index contributed by atoms with van der Waals surface area (Å²) in [6.45, 7) is 2.77. The van der Waals surface area contributed by atoms with Crippen LogP contribution in [0.4, 0.5) is 5.69 Å². The Morgan fingerprint density at radius 3 is 2.34 bits per heavy atom. The molecule has 2 heterocycles. The lowest BCUT2D eigenvalue weighted by Gasteiger charge is -2.33. The molecular weight excluding hydrogens is 462 g/mol. The minimum Gasteiger partial charge on any atom is -0.494 e. The molecule has 0 unspecified atom stereocenters. The Morgan fingerprint density at radius 2 is 1.63 bits per heavy atom. The van der Waals surface area contributed by atoms with Crippen LogP contribution in [0.25, 0.3) is 0 Å². The number of anilines is 1. The molecule has 1 aliphatic rings. The monoisotopic (exact) mass is 487 g/mol. The van der Waals surface area contributed by atoms with Gasteiger partial charge in [0.25, 0.3) is 0 Å². The smallest absolute Gasteiger partial charge is 0.240 e. The van der Waals surface area contributed by atoms with E-state index in [-0.39, 0.29) is 18.6 Å². The van der Waals surface area contributed by atoms with E-state index in [0.29, 0.717) is 23.3 Å². The Labute approximate surface area is 207 Å². The van der Waals surface area contributed by atoms with Gasteiger partial charge in [0.2, 0.25) is 11.1 Å². The molecule has 2 atom stereocenters. The van der Waals surface area contributed by atoms with Crippen molar-refractivity contribution in [1.82, 2.24) is 14.9 Å². The van der Waals surface area contributed by atoms with Crippen LogP contribution in [-0.2, 0) is 11.4 Å². The van der Waals surface area contributed by atoms with Crippen molar-refractivity contribution >= 4 is 23.4 Å². The number of hydrogen-bond donors (Lipinski definition) is 2. The Bertz CT molecular complexity index is 1270. The number of para-hydroxylation sites is 1. The summed E-state index contributed by atoms with van der Waals surface area (Å²) in [6.07, 6.45) is 0. The number of nitrogens with one attached hydrogen (secondary N) is 2. The van der Waals surface area contributed by atoms with Gasteiger partial charge in [0, 0.05) is 5.69 Å². The molecule has 0 aliphatic carbocycles. The molecule has 3 aromatic carbocycles. The maximum atomic E-state index is 13.4. The van der Waals surface area contributed by atoms with Crippen molar-refractivity contribution in [3.05, 3.63) is 96.3 Å². The summed E-state index contributed by atoms with van der Waals surface area (Å²) >= 11 is 1.38. The van der Waals surface area contributed by atoms with E-state index in [1.807, 2.05) is 96.5 Å². The number of amides is 1. The fourth-order valence-electron chi connectivity index (χ4n) is 3.78. The lowest BCUT2D eigenvalue weighted by atomic mass is 10.0. The quantitative estimate of drug-likeness (QED) is 0.374. The maximum absolute atomic E-state index is 13.4. The largest absolute Gasteiger partial charge is 0.494 e. The standard InChI is InChI=1S/C26H25N5O3S/c1-2-33-21-15-13-19(14-16-21)27-25(32)24-23(18-9-5-3-6-10-18)30-31-22(28-29-26(31)35-24)17-34-20-11-7-4-8-12-20/h3-16,23-24,30H,2,17H2,1H3,(H,27,32)/t23-,24+/m1/s1. The Kier molecular flexibility index (Phi) is 6.85.